The Labute approximate surface area is 114 Å². The van der Waals surface area contributed by atoms with Gasteiger partial charge in [0, 0.05) is 5.39 Å². The number of hydrogen-bond donors (Lipinski definition) is 0. The SMILES string of the molecule is FC(F)Oc1ccc2c(cnn2SC(F)(Cl)Cl)c1. The molecule has 0 saturated carbocycles. The maximum atomic E-state index is 13.0. The summed E-state index contributed by atoms with van der Waals surface area (Å²) in [5.74, 6) is -0.00897. The highest BCUT2D eigenvalue weighted by atomic mass is 35.5. The van der Waals surface area contributed by atoms with Crippen molar-refractivity contribution in [3.05, 3.63) is 24.4 Å². The van der Waals surface area contributed by atoms with Gasteiger partial charge < -0.3 is 4.74 Å². The van der Waals surface area contributed by atoms with Crippen molar-refractivity contribution in [2.24, 2.45) is 0 Å². The van der Waals surface area contributed by atoms with Crippen LogP contribution in [0, 0.1) is 0 Å². The molecule has 0 saturated heterocycles. The number of hydrogen-bond acceptors (Lipinski definition) is 3. The summed E-state index contributed by atoms with van der Waals surface area (Å²) in [7, 11) is 0. The Hall–Kier alpha value is -0.790. The molecule has 9 heteroatoms. The molecular formula is C9H5Cl2F3N2OS. The standard InChI is InChI=1S/C9H5Cl2F3N2OS/c10-9(11,14)18-16-7-2-1-6(17-8(12)13)3-5(7)4-15-16/h1-4,8H. The van der Waals surface area contributed by atoms with E-state index >= 15 is 0 Å². The van der Waals surface area contributed by atoms with Gasteiger partial charge in [-0.1, -0.05) is 23.2 Å². The van der Waals surface area contributed by atoms with Crippen molar-refractivity contribution in [1.82, 2.24) is 9.19 Å². The smallest absolute Gasteiger partial charge is 0.387 e. The second-order valence-corrected chi connectivity index (χ2v) is 5.93. The maximum absolute atomic E-state index is 13.0. The number of nitrogens with zero attached hydrogens (tertiary/aromatic N) is 2. The van der Waals surface area contributed by atoms with Gasteiger partial charge >= 0.3 is 10.5 Å². The van der Waals surface area contributed by atoms with Gasteiger partial charge in [-0.2, -0.15) is 18.3 Å². The molecule has 0 unspecified atom stereocenters. The Morgan fingerprint density at radius 3 is 2.72 bits per heavy atom. The van der Waals surface area contributed by atoms with Crippen LogP contribution in [0.15, 0.2) is 24.4 Å². The summed E-state index contributed by atoms with van der Waals surface area (Å²) in [5.41, 5.74) is 0.477. The van der Waals surface area contributed by atoms with Crippen molar-refractivity contribution < 1.29 is 17.9 Å². The number of rotatable bonds is 4. The molecule has 0 bridgehead atoms. The van der Waals surface area contributed by atoms with Crippen molar-refractivity contribution in [3.63, 3.8) is 0 Å². The van der Waals surface area contributed by atoms with Crippen LogP contribution >= 0.6 is 35.1 Å². The second-order valence-electron chi connectivity index (χ2n) is 3.15. The highest BCUT2D eigenvalue weighted by Crippen LogP contribution is 2.38. The third-order valence-corrected chi connectivity index (χ3v) is 3.01. The molecular weight excluding hydrogens is 312 g/mol. The normalized spacial score (nSPS) is 12.3. The number of fused-ring (bicyclic) bond motifs is 1. The van der Waals surface area contributed by atoms with Crippen molar-refractivity contribution in [3.8, 4) is 5.75 Å². The first kappa shape index (κ1) is 13.6. The molecule has 2 rings (SSSR count). The molecule has 1 heterocycles. The van der Waals surface area contributed by atoms with E-state index in [0.29, 0.717) is 22.9 Å². The van der Waals surface area contributed by atoms with Crippen LogP contribution in [-0.2, 0) is 0 Å². The molecule has 2 aromatic rings. The minimum absolute atomic E-state index is 0.00897. The zero-order valence-electron chi connectivity index (χ0n) is 8.49. The molecule has 0 radical (unpaired) electrons. The number of alkyl halides is 5. The van der Waals surface area contributed by atoms with Crippen LogP contribution in [0.25, 0.3) is 10.9 Å². The Morgan fingerprint density at radius 2 is 2.11 bits per heavy atom. The van der Waals surface area contributed by atoms with Gasteiger partial charge in [-0.3, -0.25) is 0 Å². The van der Waals surface area contributed by atoms with E-state index in [1.54, 1.807) is 0 Å². The molecule has 3 nitrogen and oxygen atoms in total. The van der Waals surface area contributed by atoms with E-state index < -0.39 is 10.5 Å². The summed E-state index contributed by atoms with van der Waals surface area (Å²) in [6.45, 7) is -2.91. The Morgan fingerprint density at radius 1 is 1.39 bits per heavy atom. The number of aromatic nitrogens is 2. The van der Waals surface area contributed by atoms with Crippen molar-refractivity contribution in [2.45, 2.75) is 10.5 Å². The Bertz CT molecular complexity index is 558. The number of ether oxygens (including phenoxy) is 1. The molecule has 1 aromatic heterocycles. The molecule has 0 amide bonds. The van der Waals surface area contributed by atoms with E-state index in [-0.39, 0.29) is 5.75 Å². The fraction of sp³-hybridized carbons (Fsp3) is 0.222. The maximum Gasteiger partial charge on any atom is 0.387 e. The molecule has 98 valence electrons. The first-order valence-corrected chi connectivity index (χ1v) is 6.07. The molecule has 1 aromatic carbocycles. The lowest BCUT2D eigenvalue weighted by Gasteiger charge is -2.08. The second kappa shape index (κ2) is 5.07. The minimum atomic E-state index is -2.91. The third-order valence-electron chi connectivity index (χ3n) is 1.92. The van der Waals surface area contributed by atoms with Gasteiger partial charge in [-0.15, -0.1) is 0 Å². The topological polar surface area (TPSA) is 27.1 Å². The zero-order chi connectivity index (χ0) is 13.3. The highest BCUT2D eigenvalue weighted by molar-refractivity contribution is 8.01. The van der Waals surface area contributed by atoms with E-state index in [4.69, 9.17) is 23.2 Å². The van der Waals surface area contributed by atoms with E-state index in [2.05, 4.69) is 9.84 Å². The van der Waals surface area contributed by atoms with Crippen molar-refractivity contribution in [1.29, 1.82) is 0 Å². The van der Waals surface area contributed by atoms with Gasteiger partial charge in [-0.25, -0.2) is 4.09 Å². The van der Waals surface area contributed by atoms with Crippen LogP contribution < -0.4 is 4.74 Å². The van der Waals surface area contributed by atoms with Gasteiger partial charge in [0.2, 0.25) is 0 Å². The third kappa shape index (κ3) is 3.37. The van der Waals surface area contributed by atoms with Crippen LogP contribution in [0.1, 0.15) is 0 Å². The van der Waals surface area contributed by atoms with E-state index in [1.807, 2.05) is 0 Å². The molecule has 0 N–H and O–H groups in total. The Kier molecular flexibility index (Phi) is 3.84. The van der Waals surface area contributed by atoms with Crippen LogP contribution in [0.4, 0.5) is 13.2 Å². The zero-order valence-corrected chi connectivity index (χ0v) is 10.8. The highest BCUT2D eigenvalue weighted by Gasteiger charge is 2.26. The summed E-state index contributed by atoms with van der Waals surface area (Å²) in [6, 6.07) is 4.12. The lowest BCUT2D eigenvalue weighted by molar-refractivity contribution is -0.0497. The first-order chi connectivity index (χ1) is 8.35. The number of benzene rings is 1. The van der Waals surface area contributed by atoms with Crippen LogP contribution in [0.5, 0.6) is 5.75 Å². The fourth-order valence-corrected chi connectivity index (χ4v) is 2.28. The summed E-state index contributed by atoms with van der Waals surface area (Å²) in [6.07, 6.45) is 1.36. The molecule has 18 heavy (non-hydrogen) atoms. The minimum Gasteiger partial charge on any atom is -0.435 e. The largest absolute Gasteiger partial charge is 0.435 e. The van der Waals surface area contributed by atoms with E-state index in [0.717, 1.165) is 4.09 Å². The van der Waals surface area contributed by atoms with E-state index in [9.17, 15) is 13.2 Å². The lowest BCUT2D eigenvalue weighted by atomic mass is 10.2. The molecule has 0 fully saturated rings. The Balaban J connectivity index is 2.32. The van der Waals surface area contributed by atoms with E-state index in [1.165, 1.54) is 24.4 Å². The number of halogens is 5. The van der Waals surface area contributed by atoms with Crippen LogP contribution in [0.3, 0.4) is 0 Å². The quantitative estimate of drug-likeness (QED) is 0.791. The molecule has 0 aliphatic heterocycles. The van der Waals surface area contributed by atoms with Gasteiger partial charge in [0.25, 0.3) is 0 Å². The average molecular weight is 317 g/mol. The molecule has 0 aliphatic carbocycles. The van der Waals surface area contributed by atoms with Gasteiger partial charge in [0.05, 0.1) is 23.7 Å². The molecule has 0 atom stereocenters. The monoisotopic (exact) mass is 316 g/mol. The van der Waals surface area contributed by atoms with Gasteiger partial charge in [0.15, 0.2) is 0 Å². The summed E-state index contributed by atoms with van der Waals surface area (Å²) < 4.78 is 39.9. The van der Waals surface area contributed by atoms with Crippen LogP contribution in [-0.4, -0.2) is 19.7 Å². The molecule has 0 spiro atoms. The fourth-order valence-electron chi connectivity index (χ4n) is 1.33. The first-order valence-electron chi connectivity index (χ1n) is 4.54. The van der Waals surface area contributed by atoms with Gasteiger partial charge in [-0.05, 0) is 18.2 Å². The van der Waals surface area contributed by atoms with Crippen LogP contribution in [0.2, 0.25) is 0 Å². The summed E-state index contributed by atoms with van der Waals surface area (Å²) in [5, 5.41) is 4.33. The summed E-state index contributed by atoms with van der Waals surface area (Å²) >= 11 is 10.8. The van der Waals surface area contributed by atoms with Crippen molar-refractivity contribution in [2.75, 3.05) is 0 Å². The molecule has 0 aliphatic rings. The average Bonchev–Trinajstić information content (AvgIpc) is 2.57. The predicted octanol–water partition coefficient (Wildman–Crippen LogP) is 4.19. The lowest BCUT2D eigenvalue weighted by Crippen LogP contribution is -2.03. The summed E-state index contributed by atoms with van der Waals surface area (Å²) in [4.78, 5) is 0. The van der Waals surface area contributed by atoms with Gasteiger partial charge in [0.1, 0.15) is 5.75 Å². The van der Waals surface area contributed by atoms with Crippen molar-refractivity contribution >= 4 is 46.1 Å². The predicted molar refractivity (Wildman–Crippen MR) is 64.9 cm³/mol.